The molecule has 2 nitrogen and oxygen atoms in total. The summed E-state index contributed by atoms with van der Waals surface area (Å²) in [6, 6.07) is 27.5. The first kappa shape index (κ1) is 24.2. The van der Waals surface area contributed by atoms with Crippen molar-refractivity contribution in [2.45, 2.75) is 82.8 Å². The minimum absolute atomic E-state index is 0.383. The van der Waals surface area contributed by atoms with Crippen LogP contribution in [0.25, 0.3) is 32.7 Å². The van der Waals surface area contributed by atoms with Crippen LogP contribution in [0.4, 0.5) is 0 Å². The lowest BCUT2D eigenvalue weighted by atomic mass is 9.48. The van der Waals surface area contributed by atoms with Gasteiger partial charge >= 0.3 is 7.12 Å². The normalized spacial score (nSPS) is 30.5. The quantitative estimate of drug-likeness (QED) is 0.202. The molecule has 0 aromatic heterocycles. The zero-order valence-electron chi connectivity index (χ0n) is 23.8. The van der Waals surface area contributed by atoms with Crippen LogP contribution in [0.3, 0.4) is 0 Å². The molecule has 39 heavy (non-hydrogen) atoms. The second-order valence-electron chi connectivity index (χ2n) is 14.2. The van der Waals surface area contributed by atoms with Crippen LogP contribution in [0.15, 0.2) is 72.8 Å². The van der Waals surface area contributed by atoms with Crippen molar-refractivity contribution in [2.24, 2.45) is 17.8 Å². The van der Waals surface area contributed by atoms with Gasteiger partial charge in [-0.2, -0.15) is 0 Å². The minimum atomic E-state index is -0.405. The molecule has 0 spiro atoms. The molecule has 4 bridgehead atoms. The minimum Gasteiger partial charge on any atom is -0.399 e. The van der Waals surface area contributed by atoms with E-state index in [9.17, 15) is 0 Å². The van der Waals surface area contributed by atoms with Gasteiger partial charge in [-0.15, -0.1) is 0 Å². The molecule has 0 radical (unpaired) electrons. The van der Waals surface area contributed by atoms with Crippen LogP contribution in [-0.2, 0) is 14.7 Å². The Labute approximate surface area is 233 Å². The Kier molecular flexibility index (Phi) is 5.10. The number of fused-ring (bicyclic) bond motifs is 2. The van der Waals surface area contributed by atoms with Crippen molar-refractivity contribution in [1.29, 1.82) is 0 Å². The second-order valence-corrected chi connectivity index (χ2v) is 14.2. The van der Waals surface area contributed by atoms with E-state index >= 15 is 0 Å². The van der Waals surface area contributed by atoms with Gasteiger partial charge in [-0.1, -0.05) is 72.8 Å². The predicted molar refractivity (Wildman–Crippen MR) is 162 cm³/mol. The lowest BCUT2D eigenvalue weighted by Crippen LogP contribution is -2.48. The summed E-state index contributed by atoms with van der Waals surface area (Å²) in [6.45, 7) is 8.54. The van der Waals surface area contributed by atoms with Gasteiger partial charge in [0.2, 0.25) is 0 Å². The lowest BCUT2D eigenvalue weighted by molar-refractivity contribution is -0.00518. The van der Waals surface area contributed by atoms with Crippen molar-refractivity contribution < 1.29 is 9.31 Å². The molecule has 5 aliphatic rings. The Bertz CT molecular complexity index is 1490. The van der Waals surface area contributed by atoms with Crippen LogP contribution >= 0.6 is 0 Å². The smallest absolute Gasteiger partial charge is 0.399 e. The summed E-state index contributed by atoms with van der Waals surface area (Å²) >= 11 is 0. The fourth-order valence-electron chi connectivity index (χ4n) is 9.14. The van der Waals surface area contributed by atoms with E-state index in [1.165, 1.54) is 71.2 Å². The zero-order valence-corrected chi connectivity index (χ0v) is 23.8. The molecule has 1 saturated heterocycles. The monoisotopic (exact) mass is 514 g/mol. The summed E-state index contributed by atoms with van der Waals surface area (Å²) in [4.78, 5) is 0. The maximum atomic E-state index is 6.62. The van der Waals surface area contributed by atoms with Gasteiger partial charge in [-0.25, -0.2) is 0 Å². The summed E-state index contributed by atoms with van der Waals surface area (Å²) in [5.41, 5.74) is 5.02. The van der Waals surface area contributed by atoms with Gasteiger partial charge in [0.15, 0.2) is 0 Å². The third-order valence-electron chi connectivity index (χ3n) is 11.3. The topological polar surface area (TPSA) is 18.5 Å². The molecule has 0 unspecified atom stereocenters. The van der Waals surface area contributed by atoms with Gasteiger partial charge in [-0.05, 0) is 133 Å². The summed E-state index contributed by atoms with van der Waals surface area (Å²) in [5.74, 6) is 2.89. The average molecular weight is 515 g/mol. The molecule has 9 rings (SSSR count). The Hall–Kier alpha value is -2.62. The predicted octanol–water partition coefficient (Wildman–Crippen LogP) is 8.43. The highest BCUT2D eigenvalue weighted by Gasteiger charge is 2.53. The van der Waals surface area contributed by atoms with Crippen LogP contribution in [0.2, 0.25) is 0 Å². The Morgan fingerprint density at radius 2 is 1.03 bits per heavy atom. The Morgan fingerprint density at radius 3 is 1.49 bits per heavy atom. The van der Waals surface area contributed by atoms with Crippen molar-refractivity contribution in [2.75, 3.05) is 0 Å². The molecular formula is C36H39BO2. The molecule has 4 aliphatic carbocycles. The van der Waals surface area contributed by atoms with Crippen molar-refractivity contribution in [1.82, 2.24) is 0 Å². The average Bonchev–Trinajstić information content (AvgIpc) is 3.12. The maximum Gasteiger partial charge on any atom is 0.496 e. The van der Waals surface area contributed by atoms with E-state index in [1.807, 2.05) is 0 Å². The largest absolute Gasteiger partial charge is 0.496 e. The van der Waals surface area contributed by atoms with Gasteiger partial charge in [-0.3, -0.25) is 0 Å². The van der Waals surface area contributed by atoms with E-state index in [0.29, 0.717) is 5.41 Å². The van der Waals surface area contributed by atoms with E-state index in [2.05, 4.69) is 100 Å². The Balaban J connectivity index is 1.28. The van der Waals surface area contributed by atoms with Crippen LogP contribution < -0.4 is 5.46 Å². The maximum absolute atomic E-state index is 6.62. The molecule has 5 fully saturated rings. The van der Waals surface area contributed by atoms with Gasteiger partial charge in [0.1, 0.15) is 0 Å². The van der Waals surface area contributed by atoms with E-state index in [-0.39, 0.29) is 11.2 Å². The SMILES string of the molecule is CC1(C)OB(c2c3ccccc3c(-c3ccc(C45CC6C[C@H](C4)C[C@@H](C6)C5)cc3)c3ccccc23)OC1(C)C. The first-order chi connectivity index (χ1) is 18.7. The number of hydrogen-bond donors (Lipinski definition) is 0. The molecule has 4 aromatic carbocycles. The summed E-state index contributed by atoms with van der Waals surface area (Å²) in [5, 5.41) is 4.97. The van der Waals surface area contributed by atoms with E-state index in [4.69, 9.17) is 9.31 Å². The molecule has 0 N–H and O–H groups in total. The highest BCUT2D eigenvalue weighted by Crippen LogP contribution is 2.60. The van der Waals surface area contributed by atoms with E-state index < -0.39 is 7.12 Å². The lowest BCUT2D eigenvalue weighted by Gasteiger charge is -2.57. The van der Waals surface area contributed by atoms with Gasteiger partial charge < -0.3 is 9.31 Å². The van der Waals surface area contributed by atoms with Crippen molar-refractivity contribution in [3.8, 4) is 11.1 Å². The fraction of sp³-hybridized carbons (Fsp3) is 0.444. The molecule has 1 heterocycles. The third kappa shape index (κ3) is 3.55. The zero-order chi connectivity index (χ0) is 26.6. The highest BCUT2D eigenvalue weighted by molar-refractivity contribution is 6.68. The first-order valence-corrected chi connectivity index (χ1v) is 15.1. The molecule has 1 aliphatic heterocycles. The molecule has 4 saturated carbocycles. The van der Waals surface area contributed by atoms with Gasteiger partial charge in [0.25, 0.3) is 0 Å². The molecular weight excluding hydrogens is 475 g/mol. The van der Waals surface area contributed by atoms with E-state index in [1.54, 1.807) is 5.56 Å². The van der Waals surface area contributed by atoms with Crippen LogP contribution in [0, 0.1) is 17.8 Å². The molecule has 198 valence electrons. The summed E-state index contributed by atoms with van der Waals surface area (Å²) in [6.07, 6.45) is 8.70. The third-order valence-corrected chi connectivity index (χ3v) is 11.3. The van der Waals surface area contributed by atoms with Crippen LogP contribution in [0.1, 0.15) is 71.8 Å². The van der Waals surface area contributed by atoms with Gasteiger partial charge in [0.05, 0.1) is 11.2 Å². The molecule has 0 atom stereocenters. The first-order valence-electron chi connectivity index (χ1n) is 15.1. The number of hydrogen-bond acceptors (Lipinski definition) is 2. The van der Waals surface area contributed by atoms with E-state index in [0.717, 1.165) is 23.2 Å². The number of rotatable bonds is 3. The second kappa shape index (κ2) is 8.21. The van der Waals surface area contributed by atoms with Crippen LogP contribution in [-0.4, -0.2) is 18.3 Å². The van der Waals surface area contributed by atoms with Crippen molar-refractivity contribution >= 4 is 34.1 Å². The van der Waals surface area contributed by atoms with Crippen molar-refractivity contribution in [3.05, 3.63) is 78.4 Å². The fourth-order valence-corrected chi connectivity index (χ4v) is 9.14. The van der Waals surface area contributed by atoms with Crippen LogP contribution in [0.5, 0.6) is 0 Å². The number of benzene rings is 4. The highest BCUT2D eigenvalue weighted by atomic mass is 16.7. The molecule has 4 aromatic rings. The molecule has 0 amide bonds. The van der Waals surface area contributed by atoms with Crippen molar-refractivity contribution in [3.63, 3.8) is 0 Å². The summed E-state index contributed by atoms with van der Waals surface area (Å²) < 4.78 is 13.2. The van der Waals surface area contributed by atoms with Gasteiger partial charge in [0, 0.05) is 0 Å². The summed E-state index contributed by atoms with van der Waals surface area (Å²) in [7, 11) is -0.405. The molecule has 3 heteroatoms. The standard InChI is InChI=1S/C36H39BO2/c1-34(2)35(3,4)39-37(38-34)33-30-11-7-5-9-28(30)32(29-10-6-8-12-31(29)33)26-13-15-27(16-14-26)36-20-23-17-24(21-36)19-25(18-23)22-36/h5-16,23-25H,17-22H2,1-4H3/t23-,24+,25?,36?. The Morgan fingerprint density at radius 1 is 0.590 bits per heavy atom.